The van der Waals surface area contributed by atoms with Gasteiger partial charge in [-0.05, 0) is 25.8 Å². The van der Waals surface area contributed by atoms with Crippen LogP contribution in [0.2, 0.25) is 0 Å². The largest absolute Gasteiger partial charge is 0.385 e. The third-order valence-electron chi connectivity index (χ3n) is 3.13. The molecule has 1 saturated carbocycles. The van der Waals surface area contributed by atoms with Gasteiger partial charge in [0.05, 0.1) is 17.1 Å². The van der Waals surface area contributed by atoms with Gasteiger partial charge in [0.15, 0.2) is 0 Å². The second kappa shape index (κ2) is 5.11. The minimum atomic E-state index is -1.22. The highest BCUT2D eigenvalue weighted by atomic mass is 19.1. The SMILES string of the molecule is CC.[B]c1ccc(C2(O)CC(C)(C#N)C2)c(F)c1. The van der Waals surface area contributed by atoms with Crippen molar-refractivity contribution in [1.82, 2.24) is 0 Å². The van der Waals surface area contributed by atoms with Crippen LogP contribution in [0.3, 0.4) is 0 Å². The lowest BCUT2D eigenvalue weighted by Crippen LogP contribution is -2.48. The molecular weight excluding hydrogens is 228 g/mol. The maximum Gasteiger partial charge on any atom is 0.128 e. The summed E-state index contributed by atoms with van der Waals surface area (Å²) in [6.07, 6.45) is 0.522. The molecule has 0 atom stereocenters. The van der Waals surface area contributed by atoms with Crippen molar-refractivity contribution in [2.45, 2.75) is 39.2 Å². The molecule has 0 bridgehead atoms. The molecule has 1 N–H and O–H groups in total. The molecule has 0 amide bonds. The number of hydrogen-bond acceptors (Lipinski definition) is 2. The van der Waals surface area contributed by atoms with Crippen molar-refractivity contribution in [3.8, 4) is 6.07 Å². The molecule has 1 aliphatic rings. The Kier molecular flexibility index (Phi) is 4.18. The average Bonchev–Trinajstić information content (AvgIpc) is 2.29. The molecule has 0 aromatic heterocycles. The van der Waals surface area contributed by atoms with Crippen LogP contribution in [0.5, 0.6) is 0 Å². The maximum atomic E-state index is 13.6. The van der Waals surface area contributed by atoms with Crippen molar-refractivity contribution in [2.75, 3.05) is 0 Å². The van der Waals surface area contributed by atoms with E-state index in [1.165, 1.54) is 12.1 Å². The van der Waals surface area contributed by atoms with Gasteiger partial charge in [-0.15, -0.1) is 0 Å². The van der Waals surface area contributed by atoms with Crippen molar-refractivity contribution in [3.63, 3.8) is 0 Å². The van der Waals surface area contributed by atoms with Gasteiger partial charge >= 0.3 is 0 Å². The topological polar surface area (TPSA) is 44.0 Å². The van der Waals surface area contributed by atoms with Crippen molar-refractivity contribution < 1.29 is 9.50 Å². The highest BCUT2D eigenvalue weighted by molar-refractivity contribution is 6.32. The second-order valence-electron chi connectivity index (χ2n) is 4.80. The van der Waals surface area contributed by atoms with Gasteiger partial charge in [-0.3, -0.25) is 0 Å². The number of benzene rings is 1. The molecule has 1 aromatic rings. The van der Waals surface area contributed by atoms with E-state index in [1.807, 2.05) is 13.8 Å². The highest BCUT2D eigenvalue weighted by Gasteiger charge is 2.53. The molecule has 0 spiro atoms. The fourth-order valence-electron chi connectivity index (χ4n) is 2.42. The molecule has 94 valence electrons. The lowest BCUT2D eigenvalue weighted by Gasteiger charge is -2.47. The molecule has 2 nitrogen and oxygen atoms in total. The second-order valence-corrected chi connectivity index (χ2v) is 4.80. The van der Waals surface area contributed by atoms with Gasteiger partial charge in [-0.2, -0.15) is 5.26 Å². The quantitative estimate of drug-likeness (QED) is 0.770. The van der Waals surface area contributed by atoms with Crippen molar-refractivity contribution in [2.24, 2.45) is 5.41 Å². The zero-order chi connectivity index (χ0) is 14.0. The minimum Gasteiger partial charge on any atom is -0.385 e. The normalized spacial score (nSPS) is 29.6. The monoisotopic (exact) mass is 245 g/mol. The fourth-order valence-corrected chi connectivity index (χ4v) is 2.42. The van der Waals surface area contributed by atoms with Crippen LogP contribution >= 0.6 is 0 Å². The average molecular weight is 245 g/mol. The first-order valence-corrected chi connectivity index (χ1v) is 6.08. The lowest BCUT2D eigenvalue weighted by molar-refractivity contribution is -0.105. The summed E-state index contributed by atoms with van der Waals surface area (Å²) in [6, 6.07) is 6.36. The van der Waals surface area contributed by atoms with E-state index < -0.39 is 16.8 Å². The van der Waals surface area contributed by atoms with E-state index in [-0.39, 0.29) is 18.4 Å². The number of hydrogen-bond donors (Lipinski definition) is 1. The van der Waals surface area contributed by atoms with Crippen LogP contribution in [0.25, 0.3) is 0 Å². The minimum absolute atomic E-state index is 0.231. The Labute approximate surface area is 109 Å². The predicted molar refractivity (Wildman–Crippen MR) is 70.0 cm³/mol. The third-order valence-corrected chi connectivity index (χ3v) is 3.13. The maximum absolute atomic E-state index is 13.6. The van der Waals surface area contributed by atoms with Gasteiger partial charge in [0, 0.05) is 5.56 Å². The molecule has 2 radical (unpaired) electrons. The van der Waals surface area contributed by atoms with Crippen LogP contribution in [-0.4, -0.2) is 13.0 Å². The van der Waals surface area contributed by atoms with Gasteiger partial charge in [-0.25, -0.2) is 4.39 Å². The third kappa shape index (κ3) is 2.57. The van der Waals surface area contributed by atoms with E-state index in [1.54, 1.807) is 13.0 Å². The van der Waals surface area contributed by atoms with Gasteiger partial charge in [0.1, 0.15) is 13.7 Å². The van der Waals surface area contributed by atoms with E-state index in [0.717, 1.165) is 0 Å². The first-order valence-electron chi connectivity index (χ1n) is 6.08. The van der Waals surface area contributed by atoms with Gasteiger partial charge in [0.25, 0.3) is 0 Å². The Morgan fingerprint density at radius 3 is 2.39 bits per heavy atom. The summed E-state index contributed by atoms with van der Waals surface area (Å²) in [5.74, 6) is -0.512. The Balaban J connectivity index is 0.000000771. The van der Waals surface area contributed by atoms with E-state index >= 15 is 0 Å². The molecular formula is C14H17BFNO. The standard InChI is InChI=1S/C12H11BFNO.C2H6/c1-11(7-15)5-12(16,6-11)9-3-2-8(13)4-10(9)14;1-2/h2-4,16H,5-6H2,1H3;1-2H3. The van der Waals surface area contributed by atoms with Crippen molar-refractivity contribution in [3.05, 3.63) is 29.6 Å². The molecule has 1 aromatic carbocycles. The van der Waals surface area contributed by atoms with Gasteiger partial charge in [0.2, 0.25) is 0 Å². The Hall–Kier alpha value is -1.34. The first-order chi connectivity index (χ1) is 8.38. The Morgan fingerprint density at radius 1 is 1.39 bits per heavy atom. The molecule has 0 saturated heterocycles. The number of rotatable bonds is 1. The highest BCUT2D eigenvalue weighted by Crippen LogP contribution is 2.53. The molecule has 4 heteroatoms. The van der Waals surface area contributed by atoms with E-state index in [0.29, 0.717) is 5.46 Å². The number of nitriles is 1. The summed E-state index contributed by atoms with van der Waals surface area (Å²) in [5, 5.41) is 19.1. The van der Waals surface area contributed by atoms with Crippen LogP contribution in [0.4, 0.5) is 4.39 Å². The van der Waals surface area contributed by atoms with Crippen molar-refractivity contribution in [1.29, 1.82) is 5.26 Å². The summed E-state index contributed by atoms with van der Waals surface area (Å²) in [7, 11) is 5.44. The Morgan fingerprint density at radius 2 is 1.94 bits per heavy atom. The summed E-state index contributed by atoms with van der Waals surface area (Å²) < 4.78 is 13.6. The molecule has 0 aliphatic heterocycles. The van der Waals surface area contributed by atoms with Crippen LogP contribution in [0, 0.1) is 22.6 Å². The summed E-state index contributed by atoms with van der Waals surface area (Å²) >= 11 is 0. The van der Waals surface area contributed by atoms with Crippen LogP contribution < -0.4 is 5.46 Å². The lowest BCUT2D eigenvalue weighted by atomic mass is 9.58. The van der Waals surface area contributed by atoms with Gasteiger partial charge < -0.3 is 5.11 Å². The number of nitrogens with zero attached hydrogens (tertiary/aromatic N) is 1. The van der Waals surface area contributed by atoms with Crippen molar-refractivity contribution >= 4 is 13.3 Å². The predicted octanol–water partition coefficient (Wildman–Crippen LogP) is 2.16. The summed E-state index contributed by atoms with van der Waals surface area (Å²) in [5.41, 5.74) is -1.22. The first kappa shape index (κ1) is 14.7. The summed E-state index contributed by atoms with van der Waals surface area (Å²) in [6.45, 7) is 5.76. The molecule has 0 unspecified atom stereocenters. The van der Waals surface area contributed by atoms with E-state index in [4.69, 9.17) is 13.1 Å². The van der Waals surface area contributed by atoms with E-state index in [2.05, 4.69) is 6.07 Å². The summed E-state index contributed by atoms with van der Waals surface area (Å²) in [4.78, 5) is 0. The number of aliphatic hydroxyl groups is 1. The molecule has 1 aliphatic carbocycles. The molecule has 0 heterocycles. The van der Waals surface area contributed by atoms with Crippen LogP contribution in [0.1, 0.15) is 39.2 Å². The smallest absolute Gasteiger partial charge is 0.128 e. The zero-order valence-corrected chi connectivity index (χ0v) is 11.0. The fraction of sp³-hybridized carbons (Fsp3) is 0.500. The molecule has 2 rings (SSSR count). The molecule has 1 fully saturated rings. The van der Waals surface area contributed by atoms with Crippen LogP contribution in [-0.2, 0) is 5.60 Å². The zero-order valence-electron chi connectivity index (χ0n) is 11.0. The van der Waals surface area contributed by atoms with E-state index in [9.17, 15) is 9.50 Å². The Bertz CT molecular complexity index is 475. The molecule has 18 heavy (non-hydrogen) atoms. The van der Waals surface area contributed by atoms with Crippen LogP contribution in [0.15, 0.2) is 18.2 Å². The number of halogens is 1. The van der Waals surface area contributed by atoms with Gasteiger partial charge in [-0.1, -0.05) is 31.4 Å².